The molecule has 0 unspecified atom stereocenters. The maximum Gasteiger partial charge on any atom is 0.0650 e. The lowest BCUT2D eigenvalue weighted by atomic mass is 10.1. The monoisotopic (exact) mass is 155 g/mol. The van der Waals surface area contributed by atoms with Gasteiger partial charge in [0.1, 0.15) is 0 Å². The molecular weight excluding hydrogens is 146 g/mol. The molecule has 0 aliphatic carbocycles. The second-order valence-corrected chi connectivity index (χ2v) is 2.84. The van der Waals surface area contributed by atoms with Crippen LogP contribution in [0.1, 0.15) is 16.8 Å². The lowest BCUT2D eigenvalue weighted by molar-refractivity contribution is 1.14. The van der Waals surface area contributed by atoms with Crippen molar-refractivity contribution in [3.05, 3.63) is 28.0 Å². The van der Waals surface area contributed by atoms with Crippen molar-refractivity contribution in [2.45, 2.75) is 20.8 Å². The largest absolute Gasteiger partial charge is 0.260 e. The number of hydrogen-bond donors (Lipinski definition) is 0. The molecule has 0 aromatic carbocycles. The number of rotatable bonds is 0. The van der Waals surface area contributed by atoms with Gasteiger partial charge in [-0.1, -0.05) is 11.6 Å². The van der Waals surface area contributed by atoms with E-state index in [1.54, 1.807) is 0 Å². The lowest BCUT2D eigenvalue weighted by Gasteiger charge is -2.03. The van der Waals surface area contributed by atoms with Crippen molar-refractivity contribution in [1.29, 1.82) is 0 Å². The van der Waals surface area contributed by atoms with E-state index >= 15 is 0 Å². The van der Waals surface area contributed by atoms with Crippen LogP contribution in [0, 0.1) is 20.8 Å². The first-order valence-electron chi connectivity index (χ1n) is 3.21. The van der Waals surface area contributed by atoms with E-state index < -0.39 is 0 Å². The molecule has 1 rings (SSSR count). The Morgan fingerprint density at radius 3 is 2.40 bits per heavy atom. The van der Waals surface area contributed by atoms with Gasteiger partial charge in [-0.25, -0.2) is 0 Å². The van der Waals surface area contributed by atoms with Crippen LogP contribution < -0.4 is 0 Å². The molecule has 54 valence electrons. The Kier molecular flexibility index (Phi) is 1.95. The predicted octanol–water partition coefficient (Wildman–Crippen LogP) is 2.66. The summed E-state index contributed by atoms with van der Waals surface area (Å²) in [7, 11) is 0. The number of nitrogens with zero attached hydrogens (tertiary/aromatic N) is 1. The fourth-order valence-corrected chi connectivity index (χ4v) is 0.989. The van der Waals surface area contributed by atoms with Gasteiger partial charge < -0.3 is 0 Å². The van der Waals surface area contributed by atoms with Crippen LogP contribution in [0.15, 0.2) is 6.20 Å². The summed E-state index contributed by atoms with van der Waals surface area (Å²) in [5.41, 5.74) is 3.19. The molecule has 0 amide bonds. The van der Waals surface area contributed by atoms with Gasteiger partial charge in [0.15, 0.2) is 0 Å². The van der Waals surface area contributed by atoms with Crippen molar-refractivity contribution in [3.63, 3.8) is 0 Å². The summed E-state index contributed by atoms with van der Waals surface area (Å²) in [6.45, 7) is 5.93. The van der Waals surface area contributed by atoms with Crippen LogP contribution in [0.2, 0.25) is 5.02 Å². The minimum Gasteiger partial charge on any atom is -0.260 e. The zero-order chi connectivity index (χ0) is 7.72. The average Bonchev–Trinajstić information content (AvgIpc) is 1.93. The van der Waals surface area contributed by atoms with Crippen LogP contribution in [0.4, 0.5) is 0 Å². The fraction of sp³-hybridized carbons (Fsp3) is 0.375. The summed E-state index contributed by atoms with van der Waals surface area (Å²) in [5.74, 6) is 0. The van der Waals surface area contributed by atoms with Gasteiger partial charge >= 0.3 is 0 Å². The van der Waals surface area contributed by atoms with E-state index in [2.05, 4.69) is 4.98 Å². The van der Waals surface area contributed by atoms with Crippen molar-refractivity contribution in [2.75, 3.05) is 0 Å². The molecule has 0 fully saturated rings. The van der Waals surface area contributed by atoms with Crippen LogP contribution in [-0.4, -0.2) is 4.98 Å². The molecule has 0 bridgehead atoms. The van der Waals surface area contributed by atoms with E-state index in [4.69, 9.17) is 11.6 Å². The molecule has 0 N–H and O–H groups in total. The molecule has 0 aliphatic rings. The molecule has 10 heavy (non-hydrogen) atoms. The van der Waals surface area contributed by atoms with Gasteiger partial charge in [0, 0.05) is 6.20 Å². The Morgan fingerprint density at radius 2 is 1.90 bits per heavy atom. The molecule has 0 atom stereocenters. The van der Waals surface area contributed by atoms with E-state index in [0.29, 0.717) is 0 Å². The summed E-state index contributed by atoms with van der Waals surface area (Å²) < 4.78 is 0. The number of aryl methyl sites for hydroxylation is 2. The maximum absolute atomic E-state index is 5.92. The van der Waals surface area contributed by atoms with Crippen molar-refractivity contribution >= 4 is 11.6 Å². The topological polar surface area (TPSA) is 12.9 Å². The van der Waals surface area contributed by atoms with E-state index in [9.17, 15) is 0 Å². The molecule has 1 aromatic rings. The zero-order valence-corrected chi connectivity index (χ0v) is 7.16. The van der Waals surface area contributed by atoms with Crippen molar-refractivity contribution in [2.24, 2.45) is 0 Å². The average molecular weight is 156 g/mol. The first-order valence-corrected chi connectivity index (χ1v) is 3.59. The van der Waals surface area contributed by atoms with Crippen molar-refractivity contribution < 1.29 is 0 Å². The highest BCUT2D eigenvalue weighted by Crippen LogP contribution is 2.19. The maximum atomic E-state index is 5.92. The zero-order valence-electron chi connectivity index (χ0n) is 6.40. The summed E-state index contributed by atoms with van der Waals surface area (Å²) in [4.78, 5) is 4.11. The predicted molar refractivity (Wildman–Crippen MR) is 43.5 cm³/mol. The number of aromatic nitrogens is 1. The number of halogens is 1. The molecule has 0 spiro atoms. The third-order valence-corrected chi connectivity index (χ3v) is 2.25. The summed E-state index contributed by atoms with van der Waals surface area (Å²) >= 11 is 5.92. The van der Waals surface area contributed by atoms with Crippen molar-refractivity contribution in [1.82, 2.24) is 4.98 Å². The van der Waals surface area contributed by atoms with E-state index in [0.717, 1.165) is 21.8 Å². The van der Waals surface area contributed by atoms with E-state index in [-0.39, 0.29) is 0 Å². The van der Waals surface area contributed by atoms with Gasteiger partial charge in [-0.05, 0) is 31.9 Å². The fourth-order valence-electron chi connectivity index (χ4n) is 0.792. The highest BCUT2D eigenvalue weighted by atomic mass is 35.5. The van der Waals surface area contributed by atoms with Gasteiger partial charge in [-0.15, -0.1) is 0 Å². The van der Waals surface area contributed by atoms with Crippen LogP contribution in [0.25, 0.3) is 0 Å². The Balaban J connectivity index is 3.34. The normalized spacial score (nSPS) is 10.0. The first kappa shape index (κ1) is 7.55. The third-order valence-electron chi connectivity index (χ3n) is 1.69. The number of pyridine rings is 1. The quantitative estimate of drug-likeness (QED) is 0.562. The minimum absolute atomic E-state index is 0.792. The summed E-state index contributed by atoms with van der Waals surface area (Å²) in [6.07, 6.45) is 1.84. The Hall–Kier alpha value is -0.560. The first-order chi connectivity index (χ1) is 4.63. The summed E-state index contributed by atoms with van der Waals surface area (Å²) in [6, 6.07) is 0. The second-order valence-electron chi connectivity index (χ2n) is 2.47. The van der Waals surface area contributed by atoms with Gasteiger partial charge in [-0.3, -0.25) is 4.98 Å². The summed E-state index contributed by atoms with van der Waals surface area (Å²) in [5, 5.41) is 0.792. The van der Waals surface area contributed by atoms with Gasteiger partial charge in [0.2, 0.25) is 0 Å². The van der Waals surface area contributed by atoms with Gasteiger partial charge in [-0.2, -0.15) is 0 Å². The minimum atomic E-state index is 0.792. The highest BCUT2D eigenvalue weighted by Gasteiger charge is 2.01. The molecule has 1 heterocycles. The molecule has 1 nitrogen and oxygen atoms in total. The van der Waals surface area contributed by atoms with E-state index in [1.165, 1.54) is 0 Å². The molecule has 0 saturated carbocycles. The van der Waals surface area contributed by atoms with Crippen LogP contribution in [-0.2, 0) is 0 Å². The van der Waals surface area contributed by atoms with Crippen LogP contribution in [0.5, 0.6) is 0 Å². The smallest absolute Gasteiger partial charge is 0.0650 e. The Morgan fingerprint density at radius 1 is 1.30 bits per heavy atom. The highest BCUT2D eigenvalue weighted by molar-refractivity contribution is 6.32. The van der Waals surface area contributed by atoms with Crippen molar-refractivity contribution in [3.8, 4) is 0 Å². The molecule has 0 radical (unpaired) electrons. The van der Waals surface area contributed by atoms with Crippen LogP contribution in [0.3, 0.4) is 0 Å². The number of hydrogen-bond acceptors (Lipinski definition) is 1. The Labute approximate surface area is 66.0 Å². The van der Waals surface area contributed by atoms with E-state index in [1.807, 2.05) is 27.0 Å². The molecular formula is C8H10ClN. The SMILES string of the molecule is Cc1cnc(C)c(Cl)c1C. The third kappa shape index (κ3) is 1.14. The second kappa shape index (κ2) is 2.59. The molecule has 0 aliphatic heterocycles. The Bertz CT molecular complexity index is 229. The van der Waals surface area contributed by atoms with Gasteiger partial charge in [0.25, 0.3) is 0 Å². The molecule has 1 aromatic heterocycles. The van der Waals surface area contributed by atoms with Crippen LogP contribution >= 0.6 is 11.6 Å². The standard InChI is InChI=1S/C8H10ClN/c1-5-4-10-7(3)8(9)6(5)2/h4H,1-3H3. The lowest BCUT2D eigenvalue weighted by Crippen LogP contribution is -1.89. The molecule has 0 saturated heterocycles. The van der Waals surface area contributed by atoms with Gasteiger partial charge in [0.05, 0.1) is 10.7 Å². The molecule has 2 heteroatoms.